The molecule has 1 amide bonds. The fourth-order valence-electron chi connectivity index (χ4n) is 3.33. The summed E-state index contributed by atoms with van der Waals surface area (Å²) < 4.78 is 13.9. The first-order chi connectivity index (χ1) is 12.0. The molecule has 4 rings (SSSR count). The zero-order valence-electron chi connectivity index (χ0n) is 13.3. The Bertz CT molecular complexity index is 1010. The predicted molar refractivity (Wildman–Crippen MR) is 90.1 cm³/mol. The van der Waals surface area contributed by atoms with Crippen molar-refractivity contribution in [2.45, 2.75) is 13.0 Å². The van der Waals surface area contributed by atoms with Crippen LogP contribution in [-0.2, 0) is 13.0 Å². The number of carbonyl (C=O) groups is 2. The minimum absolute atomic E-state index is 0.0528. The van der Waals surface area contributed by atoms with Crippen LogP contribution < -0.4 is 0 Å². The number of hydrogen-bond acceptors (Lipinski definition) is 2. The molecule has 1 aliphatic rings. The second-order valence-corrected chi connectivity index (χ2v) is 6.10. The number of aromatic amines is 1. The van der Waals surface area contributed by atoms with Gasteiger partial charge in [0.15, 0.2) is 0 Å². The van der Waals surface area contributed by atoms with E-state index in [0.717, 1.165) is 22.2 Å². The highest BCUT2D eigenvalue weighted by molar-refractivity contribution is 5.97. The zero-order valence-corrected chi connectivity index (χ0v) is 13.3. The van der Waals surface area contributed by atoms with Crippen LogP contribution in [0, 0.1) is 5.82 Å². The number of nitrogens with one attached hydrogen (secondary N) is 1. The van der Waals surface area contributed by atoms with Crippen molar-refractivity contribution < 1.29 is 19.1 Å². The average Bonchev–Trinajstić information content (AvgIpc) is 2.98. The molecule has 0 spiro atoms. The number of aromatic carboxylic acids is 1. The Morgan fingerprint density at radius 2 is 1.96 bits per heavy atom. The summed E-state index contributed by atoms with van der Waals surface area (Å²) in [5, 5.41) is 9.98. The Hall–Kier alpha value is -3.15. The van der Waals surface area contributed by atoms with Gasteiger partial charge < -0.3 is 15.0 Å². The molecule has 3 aromatic rings. The number of H-pyrrole nitrogens is 1. The lowest BCUT2D eigenvalue weighted by Gasteiger charge is -2.27. The standard InChI is InChI=1S/C19H15FN2O3/c20-15-4-2-1-3-12(15)18(23)22-8-7-17-14(10-22)13-9-11(19(24)25)5-6-16(13)21-17/h1-6,9,21H,7-8,10H2,(H,24,25). The topological polar surface area (TPSA) is 73.4 Å². The van der Waals surface area contributed by atoms with Crippen LogP contribution in [0.3, 0.4) is 0 Å². The smallest absolute Gasteiger partial charge is 0.335 e. The predicted octanol–water partition coefficient (Wildman–Crippen LogP) is 3.20. The van der Waals surface area contributed by atoms with Gasteiger partial charge in [0, 0.05) is 41.7 Å². The van der Waals surface area contributed by atoms with Crippen LogP contribution in [0.5, 0.6) is 0 Å². The van der Waals surface area contributed by atoms with E-state index in [2.05, 4.69) is 4.98 Å². The first-order valence-electron chi connectivity index (χ1n) is 7.95. The van der Waals surface area contributed by atoms with Crippen LogP contribution in [0.25, 0.3) is 10.9 Å². The maximum absolute atomic E-state index is 13.9. The maximum atomic E-state index is 13.9. The summed E-state index contributed by atoms with van der Waals surface area (Å²) in [4.78, 5) is 28.7. The van der Waals surface area contributed by atoms with Gasteiger partial charge in [-0.05, 0) is 30.3 Å². The van der Waals surface area contributed by atoms with Crippen LogP contribution in [0.2, 0.25) is 0 Å². The van der Waals surface area contributed by atoms with E-state index in [1.807, 2.05) is 0 Å². The third-order valence-electron chi connectivity index (χ3n) is 4.61. The number of carboxylic acid groups (broad SMARTS) is 1. The molecule has 5 nitrogen and oxygen atoms in total. The molecule has 2 aromatic carbocycles. The molecular weight excluding hydrogens is 323 g/mol. The number of rotatable bonds is 2. The summed E-state index contributed by atoms with van der Waals surface area (Å²) in [5.41, 5.74) is 2.99. The molecule has 1 aliphatic heterocycles. The molecule has 126 valence electrons. The average molecular weight is 338 g/mol. The molecule has 0 unspecified atom stereocenters. The Kier molecular flexibility index (Phi) is 3.53. The number of halogens is 1. The van der Waals surface area contributed by atoms with Crippen molar-refractivity contribution in [1.82, 2.24) is 9.88 Å². The quantitative estimate of drug-likeness (QED) is 0.753. The molecule has 0 bridgehead atoms. The van der Waals surface area contributed by atoms with Gasteiger partial charge in [0.25, 0.3) is 5.91 Å². The molecule has 25 heavy (non-hydrogen) atoms. The van der Waals surface area contributed by atoms with Crippen LogP contribution in [0.1, 0.15) is 32.0 Å². The van der Waals surface area contributed by atoms with Gasteiger partial charge in [0.05, 0.1) is 11.1 Å². The molecule has 0 radical (unpaired) electrons. The van der Waals surface area contributed by atoms with Gasteiger partial charge in [-0.1, -0.05) is 12.1 Å². The van der Waals surface area contributed by atoms with E-state index >= 15 is 0 Å². The van der Waals surface area contributed by atoms with Crippen LogP contribution in [0.15, 0.2) is 42.5 Å². The summed E-state index contributed by atoms with van der Waals surface area (Å²) in [6, 6.07) is 10.8. The molecule has 2 N–H and O–H groups in total. The second-order valence-electron chi connectivity index (χ2n) is 6.10. The molecule has 2 heterocycles. The fourth-order valence-corrected chi connectivity index (χ4v) is 3.33. The summed E-state index contributed by atoms with van der Waals surface area (Å²) in [6.45, 7) is 0.810. The molecular formula is C19H15FN2O3. The van der Waals surface area contributed by atoms with Gasteiger partial charge in [-0.3, -0.25) is 4.79 Å². The van der Waals surface area contributed by atoms with Crippen LogP contribution >= 0.6 is 0 Å². The molecule has 1 aromatic heterocycles. The molecule has 6 heteroatoms. The Morgan fingerprint density at radius 3 is 2.72 bits per heavy atom. The van der Waals surface area contributed by atoms with E-state index < -0.39 is 11.8 Å². The monoisotopic (exact) mass is 338 g/mol. The second kappa shape index (κ2) is 5.73. The number of fused-ring (bicyclic) bond motifs is 3. The summed E-state index contributed by atoms with van der Waals surface area (Å²) >= 11 is 0. The van der Waals surface area contributed by atoms with Crippen LogP contribution in [-0.4, -0.2) is 33.4 Å². The van der Waals surface area contributed by atoms with E-state index in [4.69, 9.17) is 0 Å². The summed E-state index contributed by atoms with van der Waals surface area (Å²) in [6.07, 6.45) is 0.618. The zero-order chi connectivity index (χ0) is 17.6. The fraction of sp³-hybridized carbons (Fsp3) is 0.158. The Labute approximate surface area is 142 Å². The van der Waals surface area contributed by atoms with Gasteiger partial charge in [0.2, 0.25) is 0 Å². The van der Waals surface area contributed by atoms with Crippen molar-refractivity contribution in [2.24, 2.45) is 0 Å². The van der Waals surface area contributed by atoms with Gasteiger partial charge in [-0.25, -0.2) is 9.18 Å². The van der Waals surface area contributed by atoms with E-state index in [0.29, 0.717) is 19.5 Å². The number of carboxylic acids is 1. The van der Waals surface area contributed by atoms with Crippen molar-refractivity contribution in [1.29, 1.82) is 0 Å². The van der Waals surface area contributed by atoms with E-state index in [-0.39, 0.29) is 17.0 Å². The molecule has 0 aliphatic carbocycles. The SMILES string of the molecule is O=C(O)c1ccc2[nH]c3c(c2c1)CN(C(=O)c1ccccc1F)CC3. The van der Waals surface area contributed by atoms with E-state index in [1.165, 1.54) is 12.1 Å². The van der Waals surface area contributed by atoms with Crippen molar-refractivity contribution in [3.8, 4) is 0 Å². The van der Waals surface area contributed by atoms with E-state index in [1.54, 1.807) is 35.2 Å². The minimum atomic E-state index is -0.994. The van der Waals surface area contributed by atoms with Gasteiger partial charge in [-0.2, -0.15) is 0 Å². The Morgan fingerprint density at radius 1 is 1.16 bits per heavy atom. The highest BCUT2D eigenvalue weighted by Crippen LogP contribution is 2.29. The highest BCUT2D eigenvalue weighted by Gasteiger charge is 2.26. The van der Waals surface area contributed by atoms with Crippen molar-refractivity contribution in [2.75, 3.05) is 6.54 Å². The van der Waals surface area contributed by atoms with Gasteiger partial charge >= 0.3 is 5.97 Å². The normalized spacial score (nSPS) is 13.7. The van der Waals surface area contributed by atoms with Crippen molar-refractivity contribution >= 4 is 22.8 Å². The summed E-state index contributed by atoms with van der Waals surface area (Å²) in [7, 11) is 0. The number of nitrogens with zero attached hydrogens (tertiary/aromatic N) is 1. The van der Waals surface area contributed by atoms with E-state index in [9.17, 15) is 19.1 Å². The largest absolute Gasteiger partial charge is 0.478 e. The lowest BCUT2D eigenvalue weighted by molar-refractivity contribution is 0.0694. The van der Waals surface area contributed by atoms with Crippen molar-refractivity contribution in [3.63, 3.8) is 0 Å². The molecule has 0 fully saturated rings. The molecule has 0 saturated carbocycles. The third-order valence-corrected chi connectivity index (χ3v) is 4.61. The third kappa shape index (κ3) is 2.55. The molecule has 0 atom stereocenters. The van der Waals surface area contributed by atoms with Crippen LogP contribution in [0.4, 0.5) is 4.39 Å². The highest BCUT2D eigenvalue weighted by atomic mass is 19.1. The van der Waals surface area contributed by atoms with Gasteiger partial charge in [-0.15, -0.1) is 0 Å². The first kappa shape index (κ1) is 15.4. The Balaban J connectivity index is 1.71. The number of carbonyl (C=O) groups excluding carboxylic acids is 1. The number of aromatic nitrogens is 1. The number of amides is 1. The lowest BCUT2D eigenvalue weighted by Crippen LogP contribution is -2.36. The molecule has 0 saturated heterocycles. The lowest BCUT2D eigenvalue weighted by atomic mass is 10.0. The van der Waals surface area contributed by atoms with Crippen molar-refractivity contribution in [3.05, 3.63) is 70.7 Å². The number of hydrogen-bond donors (Lipinski definition) is 2. The first-order valence-corrected chi connectivity index (χ1v) is 7.95. The summed E-state index contributed by atoms with van der Waals surface area (Å²) in [5.74, 6) is -1.88. The maximum Gasteiger partial charge on any atom is 0.335 e. The number of benzene rings is 2. The minimum Gasteiger partial charge on any atom is -0.478 e. The van der Waals surface area contributed by atoms with Gasteiger partial charge in [0.1, 0.15) is 5.82 Å².